The van der Waals surface area contributed by atoms with Gasteiger partial charge in [0.2, 0.25) is 0 Å². The molecule has 4 heteroatoms. The Morgan fingerprint density at radius 2 is 2.11 bits per heavy atom. The summed E-state index contributed by atoms with van der Waals surface area (Å²) in [7, 11) is 0. The summed E-state index contributed by atoms with van der Waals surface area (Å²) in [4.78, 5) is 11.7. The monoisotopic (exact) mass is 244 g/mol. The number of carbonyl (C=O) groups is 1. The highest BCUT2D eigenvalue weighted by Gasteiger charge is 2.11. The minimum absolute atomic E-state index is 0.273. The molecule has 0 saturated heterocycles. The first-order valence-corrected chi connectivity index (χ1v) is 6.05. The molecule has 0 unspecified atom stereocenters. The van der Waals surface area contributed by atoms with Gasteiger partial charge in [0.05, 0.1) is 0 Å². The largest absolute Gasteiger partial charge is 0.456 e. The van der Waals surface area contributed by atoms with Crippen molar-refractivity contribution in [3.05, 3.63) is 53.3 Å². The second-order valence-corrected chi connectivity index (χ2v) is 4.09. The van der Waals surface area contributed by atoms with Gasteiger partial charge in [-0.2, -0.15) is 5.10 Å². The van der Waals surface area contributed by atoms with E-state index in [1.807, 2.05) is 30.3 Å². The number of rotatable bonds is 5. The third kappa shape index (κ3) is 3.20. The predicted octanol–water partition coefficient (Wildman–Crippen LogP) is 2.72. The Balaban J connectivity index is 1.91. The molecule has 0 radical (unpaired) electrons. The Kier molecular flexibility index (Phi) is 4.12. The average Bonchev–Trinajstić information content (AvgIpc) is 2.86. The number of hydrogen-bond acceptors (Lipinski definition) is 3. The highest BCUT2D eigenvalue weighted by Crippen LogP contribution is 2.06. The van der Waals surface area contributed by atoms with E-state index in [2.05, 4.69) is 17.1 Å². The van der Waals surface area contributed by atoms with Crippen LogP contribution in [0.3, 0.4) is 0 Å². The Hall–Kier alpha value is -2.10. The van der Waals surface area contributed by atoms with E-state index < -0.39 is 5.97 Å². The molecule has 0 atom stereocenters. The molecule has 0 saturated carbocycles. The van der Waals surface area contributed by atoms with Gasteiger partial charge >= 0.3 is 5.97 Å². The van der Waals surface area contributed by atoms with Crippen molar-refractivity contribution in [2.24, 2.45) is 0 Å². The Morgan fingerprint density at radius 1 is 1.33 bits per heavy atom. The van der Waals surface area contributed by atoms with E-state index in [1.165, 1.54) is 0 Å². The molecule has 0 fully saturated rings. The summed E-state index contributed by atoms with van der Waals surface area (Å²) in [6.07, 6.45) is 1.90. The molecule has 0 aliphatic heterocycles. The van der Waals surface area contributed by atoms with Crippen LogP contribution in [0.4, 0.5) is 0 Å². The Labute approximate surface area is 106 Å². The fourth-order valence-electron chi connectivity index (χ4n) is 1.66. The van der Waals surface area contributed by atoms with Gasteiger partial charge in [-0.1, -0.05) is 43.7 Å². The fourth-order valence-corrected chi connectivity index (χ4v) is 1.66. The summed E-state index contributed by atoms with van der Waals surface area (Å²) < 4.78 is 5.18. The molecule has 18 heavy (non-hydrogen) atoms. The van der Waals surface area contributed by atoms with E-state index in [0.29, 0.717) is 5.69 Å². The number of nitrogens with one attached hydrogen (secondary N) is 1. The van der Waals surface area contributed by atoms with E-state index >= 15 is 0 Å². The number of esters is 1. The van der Waals surface area contributed by atoms with Crippen molar-refractivity contribution < 1.29 is 9.53 Å². The standard InChI is InChI=1S/C14H16N2O2/c1-2-6-12-9-13(16-15-12)14(17)18-10-11-7-4-3-5-8-11/h3-5,7-9H,2,6,10H2,1H3,(H,15,16). The Bertz CT molecular complexity index is 506. The summed E-state index contributed by atoms with van der Waals surface area (Å²) in [6.45, 7) is 2.35. The van der Waals surface area contributed by atoms with Crippen LogP contribution < -0.4 is 0 Å². The minimum Gasteiger partial charge on any atom is -0.456 e. The number of aromatic amines is 1. The zero-order valence-electron chi connectivity index (χ0n) is 10.3. The first-order chi connectivity index (χ1) is 8.79. The van der Waals surface area contributed by atoms with Crippen LogP contribution >= 0.6 is 0 Å². The van der Waals surface area contributed by atoms with Crippen molar-refractivity contribution in [2.75, 3.05) is 0 Å². The van der Waals surface area contributed by atoms with Gasteiger partial charge in [-0.25, -0.2) is 4.79 Å². The normalized spacial score (nSPS) is 10.3. The molecule has 0 amide bonds. The lowest BCUT2D eigenvalue weighted by Gasteiger charge is -2.02. The summed E-state index contributed by atoms with van der Waals surface area (Å²) in [6, 6.07) is 11.3. The zero-order chi connectivity index (χ0) is 12.8. The van der Waals surface area contributed by atoms with Gasteiger partial charge in [-0.15, -0.1) is 0 Å². The fraction of sp³-hybridized carbons (Fsp3) is 0.286. The number of carbonyl (C=O) groups excluding carboxylic acids is 1. The molecule has 0 bridgehead atoms. The van der Waals surface area contributed by atoms with Crippen LogP contribution in [0.2, 0.25) is 0 Å². The summed E-state index contributed by atoms with van der Waals surface area (Å²) in [5, 5.41) is 6.78. The number of nitrogens with zero attached hydrogens (tertiary/aromatic N) is 1. The van der Waals surface area contributed by atoms with Crippen molar-refractivity contribution in [3.63, 3.8) is 0 Å². The minimum atomic E-state index is -0.391. The molecular weight excluding hydrogens is 228 g/mol. The highest BCUT2D eigenvalue weighted by molar-refractivity contribution is 5.87. The van der Waals surface area contributed by atoms with Crippen LogP contribution in [0.15, 0.2) is 36.4 Å². The molecular formula is C14H16N2O2. The number of ether oxygens (including phenoxy) is 1. The van der Waals surface area contributed by atoms with E-state index in [9.17, 15) is 4.79 Å². The van der Waals surface area contributed by atoms with E-state index in [1.54, 1.807) is 6.07 Å². The highest BCUT2D eigenvalue weighted by atomic mass is 16.5. The molecule has 0 aliphatic carbocycles. The van der Waals surface area contributed by atoms with Gasteiger partial charge in [-0.05, 0) is 18.1 Å². The van der Waals surface area contributed by atoms with Gasteiger partial charge in [0.1, 0.15) is 6.61 Å². The predicted molar refractivity (Wildman–Crippen MR) is 68.1 cm³/mol. The number of hydrogen-bond donors (Lipinski definition) is 1. The van der Waals surface area contributed by atoms with Gasteiger partial charge in [0.15, 0.2) is 5.69 Å². The van der Waals surface area contributed by atoms with Crippen LogP contribution in [-0.4, -0.2) is 16.2 Å². The molecule has 2 rings (SSSR count). The maximum atomic E-state index is 11.7. The maximum absolute atomic E-state index is 11.7. The lowest BCUT2D eigenvalue weighted by atomic mass is 10.2. The summed E-state index contributed by atoms with van der Waals surface area (Å²) in [5.74, 6) is -0.391. The van der Waals surface area contributed by atoms with Crippen LogP contribution in [0, 0.1) is 0 Å². The average molecular weight is 244 g/mol. The number of benzene rings is 1. The van der Waals surface area contributed by atoms with Gasteiger partial charge < -0.3 is 4.74 Å². The van der Waals surface area contributed by atoms with Crippen molar-refractivity contribution >= 4 is 5.97 Å². The summed E-state index contributed by atoms with van der Waals surface area (Å²) >= 11 is 0. The molecule has 0 aliphatic rings. The number of H-pyrrole nitrogens is 1. The van der Waals surface area contributed by atoms with Gasteiger partial charge in [0.25, 0.3) is 0 Å². The lowest BCUT2D eigenvalue weighted by Crippen LogP contribution is -2.05. The van der Waals surface area contributed by atoms with Crippen molar-refractivity contribution in [1.82, 2.24) is 10.2 Å². The van der Waals surface area contributed by atoms with Gasteiger partial charge in [-0.3, -0.25) is 5.10 Å². The molecule has 0 spiro atoms. The van der Waals surface area contributed by atoms with Crippen LogP contribution in [0.25, 0.3) is 0 Å². The summed E-state index contributed by atoms with van der Waals surface area (Å²) in [5.41, 5.74) is 2.27. The first-order valence-electron chi connectivity index (χ1n) is 6.05. The molecule has 94 valence electrons. The molecule has 1 N–H and O–H groups in total. The van der Waals surface area contributed by atoms with Crippen molar-refractivity contribution in [1.29, 1.82) is 0 Å². The Morgan fingerprint density at radius 3 is 2.83 bits per heavy atom. The van der Waals surface area contributed by atoms with E-state index in [4.69, 9.17) is 4.74 Å². The maximum Gasteiger partial charge on any atom is 0.359 e. The molecule has 1 aromatic heterocycles. The number of aromatic nitrogens is 2. The SMILES string of the molecule is CCCc1cc(C(=O)OCc2ccccc2)n[nH]1. The van der Waals surface area contributed by atoms with Crippen molar-refractivity contribution in [2.45, 2.75) is 26.4 Å². The third-order valence-electron chi connectivity index (χ3n) is 2.57. The van der Waals surface area contributed by atoms with Crippen LogP contribution in [0.1, 0.15) is 35.1 Å². The molecule has 1 heterocycles. The smallest absolute Gasteiger partial charge is 0.359 e. The molecule has 1 aromatic carbocycles. The zero-order valence-corrected chi connectivity index (χ0v) is 10.3. The van der Waals surface area contributed by atoms with Gasteiger partial charge in [0, 0.05) is 5.69 Å². The first kappa shape index (κ1) is 12.4. The lowest BCUT2D eigenvalue weighted by molar-refractivity contribution is 0.0465. The third-order valence-corrected chi connectivity index (χ3v) is 2.57. The van der Waals surface area contributed by atoms with Crippen molar-refractivity contribution in [3.8, 4) is 0 Å². The molecule has 4 nitrogen and oxygen atoms in total. The number of aryl methyl sites for hydroxylation is 1. The van der Waals surface area contributed by atoms with E-state index in [0.717, 1.165) is 24.1 Å². The van der Waals surface area contributed by atoms with Crippen LogP contribution in [-0.2, 0) is 17.8 Å². The second kappa shape index (κ2) is 6.00. The van der Waals surface area contributed by atoms with E-state index in [-0.39, 0.29) is 6.61 Å². The van der Waals surface area contributed by atoms with Crippen LogP contribution in [0.5, 0.6) is 0 Å². The quantitative estimate of drug-likeness (QED) is 0.823. The topological polar surface area (TPSA) is 55.0 Å². The molecule has 2 aromatic rings. The second-order valence-electron chi connectivity index (χ2n) is 4.09.